The topological polar surface area (TPSA) is 43.4 Å². The molecule has 2 aromatic carbocycles. The standard InChI is InChI=1S/C16H12Cl2O3/c1-9-7-12(15(18)19)8-10(2)14(9)21-16(20)11-3-5-13(17)6-4-11/h3-8H,1-2H3. The van der Waals surface area contributed by atoms with Crippen LogP contribution in [-0.2, 0) is 0 Å². The molecule has 0 aliphatic rings. The highest BCUT2D eigenvalue weighted by Gasteiger charge is 2.14. The molecule has 108 valence electrons. The molecular weight excluding hydrogens is 311 g/mol. The summed E-state index contributed by atoms with van der Waals surface area (Å²) in [7, 11) is 0. The van der Waals surface area contributed by atoms with Crippen LogP contribution in [0.1, 0.15) is 31.8 Å². The van der Waals surface area contributed by atoms with E-state index in [-0.39, 0.29) is 0 Å². The molecule has 5 heteroatoms. The van der Waals surface area contributed by atoms with E-state index in [0.29, 0.717) is 33.0 Å². The van der Waals surface area contributed by atoms with Gasteiger partial charge in [-0.05, 0) is 73.0 Å². The quantitative estimate of drug-likeness (QED) is 0.473. The number of aryl methyl sites for hydroxylation is 2. The summed E-state index contributed by atoms with van der Waals surface area (Å²) in [6.45, 7) is 3.50. The van der Waals surface area contributed by atoms with Gasteiger partial charge in [0.1, 0.15) is 5.75 Å². The van der Waals surface area contributed by atoms with Crippen molar-refractivity contribution >= 4 is 34.4 Å². The van der Waals surface area contributed by atoms with E-state index in [1.165, 1.54) is 0 Å². The third-order valence-electron chi connectivity index (χ3n) is 2.96. The van der Waals surface area contributed by atoms with Gasteiger partial charge in [0.25, 0.3) is 5.24 Å². The number of ether oxygens (including phenoxy) is 1. The van der Waals surface area contributed by atoms with Crippen molar-refractivity contribution in [2.24, 2.45) is 0 Å². The average molecular weight is 323 g/mol. The average Bonchev–Trinajstić information content (AvgIpc) is 2.43. The van der Waals surface area contributed by atoms with E-state index in [1.807, 2.05) is 0 Å². The Balaban J connectivity index is 2.29. The van der Waals surface area contributed by atoms with Crippen LogP contribution in [0.5, 0.6) is 5.75 Å². The van der Waals surface area contributed by atoms with Crippen LogP contribution in [0.3, 0.4) is 0 Å². The van der Waals surface area contributed by atoms with Crippen molar-refractivity contribution in [1.82, 2.24) is 0 Å². The van der Waals surface area contributed by atoms with Gasteiger partial charge in [-0.2, -0.15) is 0 Å². The molecule has 21 heavy (non-hydrogen) atoms. The lowest BCUT2D eigenvalue weighted by atomic mass is 10.1. The molecule has 3 nitrogen and oxygen atoms in total. The number of hydrogen-bond donors (Lipinski definition) is 0. The monoisotopic (exact) mass is 322 g/mol. The Hall–Kier alpha value is -1.84. The fraction of sp³-hybridized carbons (Fsp3) is 0.125. The molecule has 0 bridgehead atoms. The van der Waals surface area contributed by atoms with E-state index < -0.39 is 11.2 Å². The van der Waals surface area contributed by atoms with Gasteiger partial charge in [0.15, 0.2) is 0 Å². The van der Waals surface area contributed by atoms with Crippen LogP contribution in [0.15, 0.2) is 36.4 Å². The minimum atomic E-state index is -0.545. The van der Waals surface area contributed by atoms with Gasteiger partial charge in [0.2, 0.25) is 0 Å². The molecule has 0 N–H and O–H groups in total. The molecule has 0 aliphatic carbocycles. The third-order valence-corrected chi connectivity index (χ3v) is 3.43. The van der Waals surface area contributed by atoms with E-state index >= 15 is 0 Å². The fourth-order valence-electron chi connectivity index (χ4n) is 1.96. The Labute approximate surface area is 132 Å². The van der Waals surface area contributed by atoms with Crippen molar-refractivity contribution in [1.29, 1.82) is 0 Å². The number of halogens is 2. The second kappa shape index (κ2) is 6.29. The number of benzene rings is 2. The van der Waals surface area contributed by atoms with Crippen molar-refractivity contribution < 1.29 is 14.3 Å². The van der Waals surface area contributed by atoms with Gasteiger partial charge in [-0.3, -0.25) is 4.79 Å². The summed E-state index contributed by atoms with van der Waals surface area (Å²) in [5.41, 5.74) is 2.11. The maximum absolute atomic E-state index is 12.1. The van der Waals surface area contributed by atoms with Crippen LogP contribution in [0.25, 0.3) is 0 Å². The number of esters is 1. The first-order valence-electron chi connectivity index (χ1n) is 6.17. The van der Waals surface area contributed by atoms with Gasteiger partial charge >= 0.3 is 5.97 Å². The SMILES string of the molecule is Cc1cc(C(=O)Cl)cc(C)c1OC(=O)c1ccc(Cl)cc1. The Kier molecular flexibility index (Phi) is 4.66. The summed E-state index contributed by atoms with van der Waals surface area (Å²) < 4.78 is 5.40. The molecule has 0 atom stereocenters. The molecule has 0 heterocycles. The van der Waals surface area contributed by atoms with Crippen molar-refractivity contribution in [2.45, 2.75) is 13.8 Å². The van der Waals surface area contributed by atoms with Gasteiger partial charge in [-0.15, -0.1) is 0 Å². The van der Waals surface area contributed by atoms with E-state index in [9.17, 15) is 9.59 Å². The van der Waals surface area contributed by atoms with Crippen molar-refractivity contribution in [2.75, 3.05) is 0 Å². The van der Waals surface area contributed by atoms with Crippen LogP contribution in [0.4, 0.5) is 0 Å². The lowest BCUT2D eigenvalue weighted by Gasteiger charge is -2.11. The van der Waals surface area contributed by atoms with Crippen LogP contribution in [0.2, 0.25) is 5.02 Å². The van der Waals surface area contributed by atoms with E-state index in [1.54, 1.807) is 50.2 Å². The summed E-state index contributed by atoms with van der Waals surface area (Å²) in [5.74, 6) is -0.0561. The molecule has 0 aromatic heterocycles. The minimum Gasteiger partial charge on any atom is -0.422 e. The molecule has 0 amide bonds. The van der Waals surface area contributed by atoms with E-state index in [4.69, 9.17) is 27.9 Å². The van der Waals surface area contributed by atoms with Gasteiger partial charge < -0.3 is 4.74 Å². The predicted molar refractivity (Wildman–Crippen MR) is 82.5 cm³/mol. The molecule has 0 saturated heterocycles. The highest BCUT2D eigenvalue weighted by atomic mass is 35.5. The van der Waals surface area contributed by atoms with Gasteiger partial charge in [0.05, 0.1) is 5.56 Å². The largest absolute Gasteiger partial charge is 0.422 e. The highest BCUT2D eigenvalue weighted by Crippen LogP contribution is 2.26. The highest BCUT2D eigenvalue weighted by molar-refractivity contribution is 6.67. The lowest BCUT2D eigenvalue weighted by Crippen LogP contribution is -2.10. The second-order valence-electron chi connectivity index (χ2n) is 4.61. The summed E-state index contributed by atoms with van der Waals surface area (Å²) in [5, 5.41) is 0.000617. The summed E-state index contributed by atoms with van der Waals surface area (Å²) in [6.07, 6.45) is 0. The summed E-state index contributed by atoms with van der Waals surface area (Å²) in [6, 6.07) is 9.60. The number of rotatable bonds is 3. The zero-order valence-electron chi connectivity index (χ0n) is 11.4. The summed E-state index contributed by atoms with van der Waals surface area (Å²) >= 11 is 11.2. The molecule has 0 saturated carbocycles. The fourth-order valence-corrected chi connectivity index (χ4v) is 2.20. The molecule has 2 aromatic rings. The maximum Gasteiger partial charge on any atom is 0.343 e. The van der Waals surface area contributed by atoms with Crippen molar-refractivity contribution in [3.63, 3.8) is 0 Å². The first-order valence-corrected chi connectivity index (χ1v) is 6.93. The predicted octanol–water partition coefficient (Wildman–Crippen LogP) is 4.56. The zero-order chi connectivity index (χ0) is 15.6. The Morgan fingerprint density at radius 3 is 1.95 bits per heavy atom. The first kappa shape index (κ1) is 15.5. The lowest BCUT2D eigenvalue weighted by molar-refractivity contribution is 0.0732. The van der Waals surface area contributed by atoms with Crippen molar-refractivity contribution in [3.8, 4) is 5.75 Å². The maximum atomic E-state index is 12.1. The number of carbonyl (C=O) groups is 2. The van der Waals surface area contributed by atoms with Gasteiger partial charge in [-0.25, -0.2) is 4.79 Å². The minimum absolute atomic E-state index is 0.373. The number of hydrogen-bond acceptors (Lipinski definition) is 3. The smallest absolute Gasteiger partial charge is 0.343 e. The molecule has 0 spiro atoms. The Morgan fingerprint density at radius 2 is 1.48 bits per heavy atom. The van der Waals surface area contributed by atoms with Crippen LogP contribution in [-0.4, -0.2) is 11.2 Å². The van der Waals surface area contributed by atoms with E-state index in [0.717, 1.165) is 0 Å². The molecular formula is C16H12Cl2O3. The normalized spacial score (nSPS) is 10.3. The van der Waals surface area contributed by atoms with Gasteiger partial charge in [-0.1, -0.05) is 11.6 Å². The van der Waals surface area contributed by atoms with Crippen LogP contribution < -0.4 is 4.74 Å². The van der Waals surface area contributed by atoms with Crippen LogP contribution in [0, 0.1) is 13.8 Å². The number of carbonyl (C=O) groups excluding carboxylic acids is 2. The molecule has 0 unspecified atom stereocenters. The molecule has 2 rings (SSSR count). The zero-order valence-corrected chi connectivity index (χ0v) is 13.0. The Bertz CT molecular complexity index is 683. The molecule has 0 radical (unpaired) electrons. The Morgan fingerprint density at radius 1 is 0.952 bits per heavy atom. The van der Waals surface area contributed by atoms with Gasteiger partial charge in [0, 0.05) is 10.6 Å². The van der Waals surface area contributed by atoms with Crippen LogP contribution >= 0.6 is 23.2 Å². The second-order valence-corrected chi connectivity index (χ2v) is 5.39. The third kappa shape index (κ3) is 3.63. The molecule has 0 fully saturated rings. The van der Waals surface area contributed by atoms with Crippen molar-refractivity contribution in [3.05, 3.63) is 63.7 Å². The first-order chi connectivity index (χ1) is 9.88. The molecule has 0 aliphatic heterocycles. The van der Waals surface area contributed by atoms with E-state index in [2.05, 4.69) is 0 Å². The summed E-state index contributed by atoms with van der Waals surface area (Å²) in [4.78, 5) is 23.3.